The fraction of sp³-hybridized carbons (Fsp3) is 0.700. The van der Waals surface area contributed by atoms with Crippen molar-refractivity contribution in [1.29, 1.82) is 0 Å². The Balaban J connectivity index is 2.04. The summed E-state index contributed by atoms with van der Waals surface area (Å²) >= 11 is 0. The largest absolute Gasteiger partial charge is 0.392 e. The van der Waals surface area contributed by atoms with Crippen LogP contribution in [0.5, 0.6) is 0 Å². The van der Waals surface area contributed by atoms with Gasteiger partial charge in [0.25, 0.3) is 0 Å². The molecule has 2 heterocycles. The third-order valence-electron chi connectivity index (χ3n) is 3.01. The van der Waals surface area contributed by atoms with E-state index in [9.17, 15) is 18.3 Å². The van der Waals surface area contributed by atoms with Crippen molar-refractivity contribution >= 4 is 0 Å². The number of alkyl halides is 3. The summed E-state index contributed by atoms with van der Waals surface area (Å²) in [7, 11) is 0. The molecule has 7 heteroatoms. The summed E-state index contributed by atoms with van der Waals surface area (Å²) in [6.07, 6.45) is -6.42. The van der Waals surface area contributed by atoms with Crippen molar-refractivity contribution in [2.24, 2.45) is 0 Å². The van der Waals surface area contributed by atoms with Crippen molar-refractivity contribution in [3.63, 3.8) is 0 Å². The second-order valence-electron chi connectivity index (χ2n) is 4.29. The summed E-state index contributed by atoms with van der Waals surface area (Å²) in [4.78, 5) is 1.43. The van der Waals surface area contributed by atoms with Crippen LogP contribution in [0.15, 0.2) is 0 Å². The van der Waals surface area contributed by atoms with Crippen molar-refractivity contribution in [2.45, 2.75) is 38.7 Å². The molecule has 0 amide bonds. The molecule has 1 aromatic heterocycles. The van der Waals surface area contributed by atoms with Crippen LogP contribution in [0.2, 0.25) is 0 Å². The standard InChI is InChI=1S/C10H14F3N3O/c1-6-7-5-16(3-2-8(7)15-14-6)9(17)4-10(11,12)13/h9,17H,2-5H2,1H3,(H,14,15). The lowest BCUT2D eigenvalue weighted by Crippen LogP contribution is -2.41. The van der Waals surface area contributed by atoms with Gasteiger partial charge in [0.1, 0.15) is 6.23 Å². The van der Waals surface area contributed by atoms with Crippen LogP contribution in [0.25, 0.3) is 0 Å². The predicted molar refractivity (Wildman–Crippen MR) is 54.1 cm³/mol. The zero-order chi connectivity index (χ0) is 12.6. The lowest BCUT2D eigenvalue weighted by atomic mass is 10.1. The van der Waals surface area contributed by atoms with Gasteiger partial charge in [-0.25, -0.2) is 0 Å². The molecule has 1 atom stereocenters. The smallest absolute Gasteiger partial charge is 0.378 e. The molecular weight excluding hydrogens is 235 g/mol. The Morgan fingerprint density at radius 3 is 2.88 bits per heavy atom. The Hall–Kier alpha value is -1.08. The molecule has 0 saturated heterocycles. The quantitative estimate of drug-likeness (QED) is 0.831. The third kappa shape index (κ3) is 2.78. The second kappa shape index (κ2) is 4.30. The van der Waals surface area contributed by atoms with Gasteiger partial charge in [-0.05, 0) is 6.92 Å². The Kier molecular flexibility index (Phi) is 3.13. The monoisotopic (exact) mass is 249 g/mol. The van der Waals surface area contributed by atoms with E-state index >= 15 is 0 Å². The topological polar surface area (TPSA) is 52.2 Å². The average molecular weight is 249 g/mol. The van der Waals surface area contributed by atoms with Crippen LogP contribution in [0.3, 0.4) is 0 Å². The van der Waals surface area contributed by atoms with E-state index in [4.69, 9.17) is 0 Å². The molecule has 0 spiro atoms. The highest BCUT2D eigenvalue weighted by Crippen LogP contribution is 2.26. The molecule has 96 valence electrons. The van der Waals surface area contributed by atoms with Gasteiger partial charge in [-0.1, -0.05) is 0 Å². The molecular formula is C10H14F3N3O. The highest BCUT2D eigenvalue weighted by Gasteiger charge is 2.35. The minimum absolute atomic E-state index is 0.314. The zero-order valence-corrected chi connectivity index (χ0v) is 9.38. The van der Waals surface area contributed by atoms with E-state index in [-0.39, 0.29) is 0 Å². The fourth-order valence-electron chi connectivity index (χ4n) is 2.05. The van der Waals surface area contributed by atoms with Gasteiger partial charge in [0.05, 0.1) is 12.1 Å². The molecule has 0 radical (unpaired) electrons. The SMILES string of the molecule is Cc1n[nH]c2c1CN(C(O)CC(F)(F)F)CC2. The number of hydrogen-bond donors (Lipinski definition) is 2. The summed E-state index contributed by atoms with van der Waals surface area (Å²) in [5, 5.41) is 16.4. The van der Waals surface area contributed by atoms with Crippen LogP contribution in [0.4, 0.5) is 13.2 Å². The van der Waals surface area contributed by atoms with Gasteiger partial charge in [0.15, 0.2) is 0 Å². The Morgan fingerprint density at radius 2 is 2.24 bits per heavy atom. The van der Waals surface area contributed by atoms with E-state index in [2.05, 4.69) is 10.2 Å². The first-order chi connectivity index (χ1) is 7.87. The van der Waals surface area contributed by atoms with E-state index in [1.807, 2.05) is 0 Å². The number of aliphatic hydroxyl groups excluding tert-OH is 1. The van der Waals surface area contributed by atoms with E-state index in [1.54, 1.807) is 6.92 Å². The first kappa shape index (κ1) is 12.4. The number of aliphatic hydroxyl groups is 1. The van der Waals surface area contributed by atoms with Gasteiger partial charge in [-0.3, -0.25) is 10.00 Å². The van der Waals surface area contributed by atoms with Gasteiger partial charge in [0, 0.05) is 30.8 Å². The number of H-pyrrole nitrogens is 1. The molecule has 1 aliphatic rings. The molecule has 0 fully saturated rings. The molecule has 1 aliphatic heterocycles. The molecule has 17 heavy (non-hydrogen) atoms. The normalized spacial score (nSPS) is 19.1. The minimum Gasteiger partial charge on any atom is -0.378 e. The first-order valence-corrected chi connectivity index (χ1v) is 5.38. The van der Waals surface area contributed by atoms with Gasteiger partial charge in [-0.2, -0.15) is 18.3 Å². The summed E-state index contributed by atoms with van der Waals surface area (Å²) < 4.78 is 36.5. The van der Waals surface area contributed by atoms with E-state index in [0.717, 1.165) is 17.0 Å². The van der Waals surface area contributed by atoms with Crippen molar-refractivity contribution in [3.05, 3.63) is 17.0 Å². The van der Waals surface area contributed by atoms with Crippen LogP contribution in [0.1, 0.15) is 23.4 Å². The molecule has 2 N–H and O–H groups in total. The highest BCUT2D eigenvalue weighted by atomic mass is 19.4. The maximum atomic E-state index is 12.2. The molecule has 0 aliphatic carbocycles. The predicted octanol–water partition coefficient (Wildman–Crippen LogP) is 1.35. The van der Waals surface area contributed by atoms with Gasteiger partial charge in [0.2, 0.25) is 0 Å². The van der Waals surface area contributed by atoms with Crippen molar-refractivity contribution in [2.75, 3.05) is 6.54 Å². The van der Waals surface area contributed by atoms with E-state index in [0.29, 0.717) is 19.5 Å². The molecule has 4 nitrogen and oxygen atoms in total. The van der Waals surface area contributed by atoms with Crippen LogP contribution in [0, 0.1) is 6.92 Å². The number of aromatic nitrogens is 2. The summed E-state index contributed by atoms with van der Waals surface area (Å²) in [5.74, 6) is 0. The minimum atomic E-state index is -4.34. The maximum absolute atomic E-state index is 12.2. The van der Waals surface area contributed by atoms with Crippen molar-refractivity contribution in [3.8, 4) is 0 Å². The van der Waals surface area contributed by atoms with E-state index < -0.39 is 18.8 Å². The zero-order valence-electron chi connectivity index (χ0n) is 9.38. The first-order valence-electron chi connectivity index (χ1n) is 5.38. The average Bonchev–Trinajstić information content (AvgIpc) is 2.57. The van der Waals surface area contributed by atoms with Crippen molar-refractivity contribution in [1.82, 2.24) is 15.1 Å². The van der Waals surface area contributed by atoms with E-state index in [1.165, 1.54) is 4.90 Å². The summed E-state index contributed by atoms with van der Waals surface area (Å²) in [6.45, 7) is 2.52. The van der Waals surface area contributed by atoms with Crippen LogP contribution in [-0.2, 0) is 13.0 Å². The van der Waals surface area contributed by atoms with Crippen molar-refractivity contribution < 1.29 is 18.3 Å². The van der Waals surface area contributed by atoms with Gasteiger partial charge >= 0.3 is 6.18 Å². The lowest BCUT2D eigenvalue weighted by Gasteiger charge is -2.31. The van der Waals surface area contributed by atoms with Gasteiger partial charge < -0.3 is 5.11 Å². The number of nitrogens with zero attached hydrogens (tertiary/aromatic N) is 2. The highest BCUT2D eigenvalue weighted by molar-refractivity contribution is 5.26. The number of nitrogens with one attached hydrogen (secondary N) is 1. The number of rotatable bonds is 2. The Morgan fingerprint density at radius 1 is 1.53 bits per heavy atom. The second-order valence-corrected chi connectivity index (χ2v) is 4.29. The molecule has 2 rings (SSSR count). The summed E-state index contributed by atoms with van der Waals surface area (Å²) in [5.41, 5.74) is 2.64. The molecule has 0 saturated carbocycles. The Bertz CT molecular complexity index is 402. The Labute approximate surface area is 96.4 Å². The maximum Gasteiger partial charge on any atom is 0.392 e. The lowest BCUT2D eigenvalue weighted by molar-refractivity contribution is -0.175. The molecule has 0 bridgehead atoms. The van der Waals surface area contributed by atoms with Crippen LogP contribution in [-0.4, -0.2) is 39.2 Å². The third-order valence-corrected chi connectivity index (χ3v) is 3.01. The number of fused-ring (bicyclic) bond motifs is 1. The number of aryl methyl sites for hydroxylation is 1. The van der Waals surface area contributed by atoms with Gasteiger partial charge in [-0.15, -0.1) is 0 Å². The summed E-state index contributed by atoms with van der Waals surface area (Å²) in [6, 6.07) is 0. The molecule has 1 aromatic rings. The molecule has 0 aromatic carbocycles. The fourth-order valence-corrected chi connectivity index (χ4v) is 2.05. The number of halogens is 3. The number of aromatic amines is 1. The van der Waals surface area contributed by atoms with Crippen LogP contribution < -0.4 is 0 Å². The molecule has 1 unspecified atom stereocenters. The van der Waals surface area contributed by atoms with Crippen LogP contribution >= 0.6 is 0 Å². The number of hydrogen-bond acceptors (Lipinski definition) is 3.